The predicted molar refractivity (Wildman–Crippen MR) is 85.1 cm³/mol. The van der Waals surface area contributed by atoms with Gasteiger partial charge in [-0.15, -0.1) is 0 Å². The smallest absolute Gasteiger partial charge is 0.320 e. The van der Waals surface area contributed by atoms with Gasteiger partial charge >= 0.3 is 7.60 Å². The molecular weight excluding hydrogens is 338 g/mol. The van der Waals surface area contributed by atoms with Gasteiger partial charge in [-0.25, -0.2) is 0 Å². The van der Waals surface area contributed by atoms with Gasteiger partial charge in [-0.1, -0.05) is 23.7 Å². The van der Waals surface area contributed by atoms with E-state index in [0.717, 1.165) is 0 Å². The molecule has 0 radical (unpaired) electrons. The molecule has 0 aliphatic heterocycles. The third-order valence-corrected chi connectivity index (χ3v) is 8.50. The summed E-state index contributed by atoms with van der Waals surface area (Å²) in [5.74, 6) is 0. The number of rotatable bonds is 7. The number of halogens is 1. The van der Waals surface area contributed by atoms with E-state index in [2.05, 4.69) is 0 Å². The van der Waals surface area contributed by atoms with Crippen LogP contribution in [0.25, 0.3) is 0 Å². The van der Waals surface area contributed by atoms with Crippen molar-refractivity contribution in [3.05, 3.63) is 34.9 Å². The standard InChI is InChI=1S/C12H19ClO6P2/c1-15-20(14,16-2)12(21(17-3,18-4)19-5)10-6-8-11(13)9-7-10/h6-9H,1-5H3. The highest BCUT2D eigenvalue weighted by Gasteiger charge is 2.40. The van der Waals surface area contributed by atoms with Crippen LogP contribution in [0.1, 0.15) is 5.56 Å². The maximum Gasteiger partial charge on any atom is 0.368 e. The van der Waals surface area contributed by atoms with E-state index in [1.54, 1.807) is 24.3 Å². The second-order valence-corrected chi connectivity index (χ2v) is 9.24. The van der Waals surface area contributed by atoms with Crippen molar-refractivity contribution in [2.45, 2.75) is 0 Å². The fourth-order valence-corrected chi connectivity index (χ4v) is 6.74. The summed E-state index contributed by atoms with van der Waals surface area (Å²) < 4.78 is 39.3. The Hall–Kier alpha value is -0.160. The Morgan fingerprint density at radius 3 is 1.62 bits per heavy atom. The minimum absolute atomic E-state index is 0.198. The Kier molecular flexibility index (Phi) is 7.11. The van der Waals surface area contributed by atoms with Crippen LogP contribution >= 0.6 is 26.8 Å². The molecule has 1 rings (SSSR count). The summed E-state index contributed by atoms with van der Waals surface area (Å²) in [6, 6.07) is 6.66. The van der Waals surface area contributed by atoms with Gasteiger partial charge in [-0.3, -0.25) is 4.57 Å². The van der Waals surface area contributed by atoms with Crippen LogP contribution in [0.5, 0.6) is 0 Å². The van der Waals surface area contributed by atoms with E-state index in [-0.39, 0.29) is 5.03 Å². The second-order valence-electron chi connectivity index (χ2n) is 3.74. The molecule has 0 saturated heterocycles. The second kappa shape index (κ2) is 7.91. The molecule has 0 fully saturated rings. The highest BCUT2D eigenvalue weighted by Crippen LogP contribution is 2.64. The number of benzene rings is 1. The van der Waals surface area contributed by atoms with E-state index in [1.165, 1.54) is 35.5 Å². The van der Waals surface area contributed by atoms with Gasteiger partial charge in [0.25, 0.3) is 7.57 Å². The first-order valence-electron chi connectivity index (χ1n) is 5.84. The maximum absolute atomic E-state index is 12.9. The Morgan fingerprint density at radius 2 is 1.29 bits per heavy atom. The van der Waals surface area contributed by atoms with Crippen LogP contribution in [0, 0.1) is 0 Å². The van der Waals surface area contributed by atoms with Crippen LogP contribution in [0.3, 0.4) is 0 Å². The van der Waals surface area contributed by atoms with Crippen molar-refractivity contribution >= 4 is 31.8 Å². The van der Waals surface area contributed by atoms with Crippen LogP contribution in [0.2, 0.25) is 5.02 Å². The van der Waals surface area contributed by atoms with Gasteiger partial charge in [0.1, 0.15) is 5.03 Å². The normalized spacial score (nSPS) is 12.5. The lowest BCUT2D eigenvalue weighted by molar-refractivity contribution is 0.232. The van der Waals surface area contributed by atoms with Gasteiger partial charge < -0.3 is 22.6 Å². The minimum Gasteiger partial charge on any atom is -0.320 e. The molecule has 0 bridgehead atoms. The highest BCUT2D eigenvalue weighted by atomic mass is 35.5. The van der Waals surface area contributed by atoms with Crippen molar-refractivity contribution in [2.24, 2.45) is 0 Å². The summed E-state index contributed by atoms with van der Waals surface area (Å²) in [6.45, 7) is 0. The topological polar surface area (TPSA) is 63.2 Å². The van der Waals surface area contributed by atoms with Crippen molar-refractivity contribution in [1.29, 1.82) is 0 Å². The van der Waals surface area contributed by atoms with E-state index in [1.807, 2.05) is 0 Å². The van der Waals surface area contributed by atoms with Crippen molar-refractivity contribution in [3.63, 3.8) is 0 Å². The predicted octanol–water partition coefficient (Wildman–Crippen LogP) is 4.01. The first-order chi connectivity index (χ1) is 9.92. The molecule has 6 nitrogen and oxygen atoms in total. The largest absolute Gasteiger partial charge is 0.368 e. The number of hydrogen-bond donors (Lipinski definition) is 0. The molecule has 0 aromatic heterocycles. The first kappa shape index (κ1) is 18.9. The molecular formula is C12H19ClO6P2. The lowest BCUT2D eigenvalue weighted by Gasteiger charge is -2.28. The SMILES string of the molecule is COP(=O)(OC)C(c1ccc(Cl)cc1)=P(OC)(OC)OC. The molecule has 0 saturated carbocycles. The van der Waals surface area contributed by atoms with Gasteiger partial charge in [0, 0.05) is 40.6 Å². The molecule has 0 unspecified atom stereocenters. The molecule has 0 aliphatic carbocycles. The van der Waals surface area contributed by atoms with E-state index in [9.17, 15) is 4.57 Å². The lowest BCUT2D eigenvalue weighted by atomic mass is 10.2. The van der Waals surface area contributed by atoms with Crippen LogP contribution in [0.4, 0.5) is 0 Å². The molecule has 0 aliphatic rings. The van der Waals surface area contributed by atoms with Crippen LogP contribution in [-0.4, -0.2) is 40.6 Å². The monoisotopic (exact) mass is 356 g/mol. The molecule has 0 amide bonds. The van der Waals surface area contributed by atoms with Gasteiger partial charge in [0.2, 0.25) is 0 Å². The van der Waals surface area contributed by atoms with Crippen LogP contribution in [0.15, 0.2) is 24.3 Å². The summed E-state index contributed by atoms with van der Waals surface area (Å²) in [4.78, 5) is 0. The zero-order valence-electron chi connectivity index (χ0n) is 12.5. The molecule has 21 heavy (non-hydrogen) atoms. The Bertz CT molecular complexity index is 545. The van der Waals surface area contributed by atoms with E-state index < -0.39 is 15.2 Å². The molecule has 0 N–H and O–H groups in total. The van der Waals surface area contributed by atoms with E-state index in [4.69, 9.17) is 34.2 Å². The van der Waals surface area contributed by atoms with Crippen molar-refractivity contribution in [1.82, 2.24) is 0 Å². The summed E-state index contributed by atoms with van der Waals surface area (Å²) in [7, 11) is 0.0708. The van der Waals surface area contributed by atoms with Crippen molar-refractivity contribution in [2.75, 3.05) is 35.5 Å². The summed E-state index contributed by atoms with van der Waals surface area (Å²) in [6.07, 6.45) is 0. The van der Waals surface area contributed by atoms with Gasteiger partial charge in [0.15, 0.2) is 0 Å². The van der Waals surface area contributed by atoms with Gasteiger partial charge in [-0.05, 0) is 17.7 Å². The lowest BCUT2D eigenvalue weighted by Crippen LogP contribution is -2.12. The Morgan fingerprint density at radius 1 is 0.857 bits per heavy atom. The maximum atomic E-state index is 12.9. The van der Waals surface area contributed by atoms with Crippen LogP contribution in [-0.2, 0) is 27.2 Å². The summed E-state index contributed by atoms with van der Waals surface area (Å²) in [5.41, 5.74) is 0.547. The Balaban J connectivity index is 3.77. The Labute approximate surface area is 130 Å². The third-order valence-electron chi connectivity index (χ3n) is 2.82. The van der Waals surface area contributed by atoms with Gasteiger partial charge in [0.05, 0.1) is 0 Å². The molecule has 9 heteroatoms. The number of hydrogen-bond acceptors (Lipinski definition) is 6. The molecule has 0 atom stereocenters. The summed E-state index contributed by atoms with van der Waals surface area (Å²) >= 11 is 5.89. The first-order valence-corrected chi connectivity index (χ1v) is 9.31. The average Bonchev–Trinajstić information content (AvgIpc) is 2.53. The van der Waals surface area contributed by atoms with E-state index >= 15 is 0 Å². The van der Waals surface area contributed by atoms with Crippen molar-refractivity contribution in [3.8, 4) is 0 Å². The minimum atomic E-state index is -3.65. The molecule has 1 aromatic rings. The fraction of sp³-hybridized carbons (Fsp3) is 0.417. The van der Waals surface area contributed by atoms with Gasteiger partial charge in [-0.2, -0.15) is 0 Å². The molecule has 1 aromatic carbocycles. The third kappa shape index (κ3) is 3.79. The van der Waals surface area contributed by atoms with Crippen molar-refractivity contribution < 1.29 is 27.2 Å². The van der Waals surface area contributed by atoms with E-state index in [0.29, 0.717) is 10.6 Å². The molecule has 120 valence electrons. The quantitative estimate of drug-likeness (QED) is 0.688. The summed E-state index contributed by atoms with van der Waals surface area (Å²) in [5, 5.41) is 0.739. The van der Waals surface area contributed by atoms with Crippen LogP contribution < -0.4 is 0 Å². The average molecular weight is 357 g/mol. The zero-order chi connectivity index (χ0) is 16.1. The zero-order valence-corrected chi connectivity index (χ0v) is 15.1. The molecule has 0 spiro atoms. The highest BCUT2D eigenvalue weighted by molar-refractivity contribution is 7.89. The molecule has 0 heterocycles. The fourth-order valence-electron chi connectivity index (χ4n) is 1.80.